The monoisotopic (exact) mass is 227 g/mol. The zero-order valence-corrected chi connectivity index (χ0v) is 9.73. The summed E-state index contributed by atoms with van der Waals surface area (Å²) in [5, 5.41) is 3.02. The Labute approximate surface area is 95.9 Å². The summed E-state index contributed by atoms with van der Waals surface area (Å²) in [5.74, 6) is -1.07. The highest BCUT2D eigenvalue weighted by atomic mass is 19.1. The molecular weight excluding hydrogens is 208 g/mol. The minimum atomic E-state index is -0.534. The lowest BCUT2D eigenvalue weighted by atomic mass is 10.1. The molecule has 1 aromatic rings. The SMILES string of the molecule is CCCCCCCNc1cc(F)cc(F)c1. The third kappa shape index (κ3) is 5.10. The normalized spacial score (nSPS) is 10.4. The molecule has 16 heavy (non-hydrogen) atoms. The van der Waals surface area contributed by atoms with Crippen LogP contribution in [0.1, 0.15) is 39.0 Å². The summed E-state index contributed by atoms with van der Waals surface area (Å²) in [6.45, 7) is 2.94. The Hall–Kier alpha value is -1.12. The Morgan fingerprint density at radius 1 is 0.938 bits per heavy atom. The van der Waals surface area contributed by atoms with Gasteiger partial charge in [-0.1, -0.05) is 32.6 Å². The minimum absolute atomic E-state index is 0.521. The fourth-order valence-corrected chi connectivity index (χ4v) is 1.62. The van der Waals surface area contributed by atoms with Crippen LogP contribution in [0.2, 0.25) is 0 Å². The van der Waals surface area contributed by atoms with Crippen molar-refractivity contribution in [3.05, 3.63) is 29.8 Å². The summed E-state index contributed by atoms with van der Waals surface area (Å²) in [6.07, 6.45) is 5.92. The molecule has 0 aromatic heterocycles. The second-order valence-corrected chi connectivity index (χ2v) is 4.00. The summed E-state index contributed by atoms with van der Waals surface area (Å²) in [5.41, 5.74) is 0.521. The Morgan fingerprint density at radius 3 is 2.19 bits per heavy atom. The maximum absolute atomic E-state index is 12.8. The van der Waals surface area contributed by atoms with Crippen LogP contribution in [0.25, 0.3) is 0 Å². The van der Waals surface area contributed by atoms with Crippen LogP contribution in [-0.2, 0) is 0 Å². The van der Waals surface area contributed by atoms with Crippen LogP contribution in [0.15, 0.2) is 18.2 Å². The lowest BCUT2D eigenvalue weighted by Gasteiger charge is -2.06. The molecule has 0 aliphatic carbocycles. The van der Waals surface area contributed by atoms with Crippen LogP contribution in [0.5, 0.6) is 0 Å². The minimum Gasteiger partial charge on any atom is -0.385 e. The predicted octanol–water partition coefficient (Wildman–Crippen LogP) is 4.35. The molecule has 0 spiro atoms. The molecule has 0 unspecified atom stereocenters. The van der Waals surface area contributed by atoms with Crippen molar-refractivity contribution < 1.29 is 8.78 Å². The molecule has 0 saturated heterocycles. The lowest BCUT2D eigenvalue weighted by Crippen LogP contribution is -2.02. The predicted molar refractivity (Wildman–Crippen MR) is 63.6 cm³/mol. The van der Waals surface area contributed by atoms with Gasteiger partial charge in [-0.25, -0.2) is 8.78 Å². The van der Waals surface area contributed by atoms with E-state index in [1.165, 1.54) is 37.8 Å². The lowest BCUT2D eigenvalue weighted by molar-refractivity contribution is 0.583. The van der Waals surface area contributed by atoms with Gasteiger partial charge >= 0.3 is 0 Å². The zero-order chi connectivity index (χ0) is 11.8. The highest BCUT2D eigenvalue weighted by Gasteiger charge is 1.99. The second-order valence-electron chi connectivity index (χ2n) is 4.00. The van der Waals surface area contributed by atoms with E-state index in [2.05, 4.69) is 12.2 Å². The number of nitrogens with one attached hydrogen (secondary N) is 1. The van der Waals surface area contributed by atoms with Gasteiger partial charge in [-0.3, -0.25) is 0 Å². The number of halogens is 2. The molecule has 1 N–H and O–H groups in total. The summed E-state index contributed by atoms with van der Waals surface area (Å²) >= 11 is 0. The molecular formula is C13H19F2N. The first kappa shape index (κ1) is 12.9. The van der Waals surface area contributed by atoms with Gasteiger partial charge in [0.25, 0.3) is 0 Å². The van der Waals surface area contributed by atoms with Crippen molar-refractivity contribution >= 4 is 5.69 Å². The highest BCUT2D eigenvalue weighted by Crippen LogP contribution is 2.13. The first-order chi connectivity index (χ1) is 7.72. The number of anilines is 1. The molecule has 0 radical (unpaired) electrons. The van der Waals surface area contributed by atoms with Crippen LogP contribution >= 0.6 is 0 Å². The highest BCUT2D eigenvalue weighted by molar-refractivity contribution is 5.43. The Morgan fingerprint density at radius 2 is 1.56 bits per heavy atom. The van der Waals surface area contributed by atoms with Crippen LogP contribution < -0.4 is 5.32 Å². The number of rotatable bonds is 7. The van der Waals surface area contributed by atoms with Crippen LogP contribution in [-0.4, -0.2) is 6.54 Å². The first-order valence-corrected chi connectivity index (χ1v) is 5.92. The quantitative estimate of drug-likeness (QED) is 0.683. The van der Waals surface area contributed by atoms with Gasteiger partial charge in [-0.15, -0.1) is 0 Å². The topological polar surface area (TPSA) is 12.0 Å². The van der Waals surface area contributed by atoms with E-state index in [4.69, 9.17) is 0 Å². The van der Waals surface area contributed by atoms with Crippen molar-refractivity contribution in [1.29, 1.82) is 0 Å². The van der Waals surface area contributed by atoms with Crippen molar-refractivity contribution in [3.63, 3.8) is 0 Å². The summed E-state index contributed by atoms with van der Waals surface area (Å²) in [7, 11) is 0. The molecule has 3 heteroatoms. The van der Waals surface area contributed by atoms with Crippen molar-refractivity contribution in [3.8, 4) is 0 Å². The van der Waals surface area contributed by atoms with E-state index in [0.29, 0.717) is 5.69 Å². The Balaban J connectivity index is 2.21. The maximum Gasteiger partial charge on any atom is 0.128 e. The van der Waals surface area contributed by atoms with Crippen LogP contribution in [0.4, 0.5) is 14.5 Å². The van der Waals surface area contributed by atoms with Gasteiger partial charge in [-0.05, 0) is 18.6 Å². The molecule has 0 aliphatic heterocycles. The average molecular weight is 227 g/mol. The van der Waals surface area contributed by atoms with Crippen molar-refractivity contribution in [1.82, 2.24) is 0 Å². The van der Waals surface area contributed by atoms with Gasteiger partial charge in [0.2, 0.25) is 0 Å². The molecule has 0 bridgehead atoms. The number of hydrogen-bond donors (Lipinski definition) is 1. The molecule has 1 rings (SSSR count). The molecule has 0 heterocycles. The Kier molecular flexibility index (Phi) is 5.83. The van der Waals surface area contributed by atoms with Gasteiger partial charge in [-0.2, -0.15) is 0 Å². The molecule has 0 saturated carbocycles. The van der Waals surface area contributed by atoms with E-state index < -0.39 is 11.6 Å². The molecule has 90 valence electrons. The standard InChI is InChI=1S/C13H19F2N/c1-2-3-4-5-6-7-16-13-9-11(14)8-12(15)10-13/h8-10,16H,2-7H2,1H3. The van der Waals surface area contributed by atoms with Gasteiger partial charge < -0.3 is 5.32 Å². The summed E-state index contributed by atoms with van der Waals surface area (Å²) < 4.78 is 25.6. The number of benzene rings is 1. The van der Waals surface area contributed by atoms with Gasteiger partial charge in [0.15, 0.2) is 0 Å². The molecule has 0 amide bonds. The molecule has 0 aliphatic rings. The molecule has 0 fully saturated rings. The van der Waals surface area contributed by atoms with E-state index >= 15 is 0 Å². The van der Waals surface area contributed by atoms with Gasteiger partial charge in [0.05, 0.1) is 0 Å². The third-order valence-electron chi connectivity index (χ3n) is 2.47. The van der Waals surface area contributed by atoms with E-state index in [9.17, 15) is 8.78 Å². The van der Waals surface area contributed by atoms with Gasteiger partial charge in [0.1, 0.15) is 11.6 Å². The molecule has 0 atom stereocenters. The van der Waals surface area contributed by atoms with E-state index in [0.717, 1.165) is 19.0 Å². The van der Waals surface area contributed by atoms with E-state index in [-0.39, 0.29) is 0 Å². The van der Waals surface area contributed by atoms with E-state index in [1.54, 1.807) is 0 Å². The zero-order valence-electron chi connectivity index (χ0n) is 9.73. The number of hydrogen-bond acceptors (Lipinski definition) is 1. The first-order valence-electron chi connectivity index (χ1n) is 5.92. The van der Waals surface area contributed by atoms with E-state index in [1.807, 2.05) is 0 Å². The largest absolute Gasteiger partial charge is 0.385 e. The summed E-state index contributed by atoms with van der Waals surface area (Å²) in [6, 6.07) is 3.51. The number of unbranched alkanes of at least 4 members (excludes halogenated alkanes) is 4. The fourth-order valence-electron chi connectivity index (χ4n) is 1.62. The average Bonchev–Trinajstić information content (AvgIpc) is 2.22. The van der Waals surface area contributed by atoms with Gasteiger partial charge in [0, 0.05) is 18.3 Å². The molecule has 1 nitrogen and oxygen atoms in total. The van der Waals surface area contributed by atoms with Crippen LogP contribution in [0, 0.1) is 11.6 Å². The maximum atomic E-state index is 12.8. The fraction of sp³-hybridized carbons (Fsp3) is 0.538. The Bertz CT molecular complexity index is 293. The van der Waals surface area contributed by atoms with Crippen LogP contribution in [0.3, 0.4) is 0 Å². The third-order valence-corrected chi connectivity index (χ3v) is 2.47. The van der Waals surface area contributed by atoms with Crippen molar-refractivity contribution in [2.75, 3.05) is 11.9 Å². The molecule has 1 aromatic carbocycles. The summed E-state index contributed by atoms with van der Waals surface area (Å²) in [4.78, 5) is 0. The van der Waals surface area contributed by atoms with Crippen molar-refractivity contribution in [2.45, 2.75) is 39.0 Å². The smallest absolute Gasteiger partial charge is 0.128 e. The van der Waals surface area contributed by atoms with Crippen molar-refractivity contribution in [2.24, 2.45) is 0 Å². The second kappa shape index (κ2) is 7.20.